The van der Waals surface area contributed by atoms with E-state index >= 15 is 0 Å². The first-order chi connectivity index (χ1) is 9.97. The van der Waals surface area contributed by atoms with Gasteiger partial charge < -0.3 is 15.0 Å². The quantitative estimate of drug-likeness (QED) is 0.633. The predicted octanol–water partition coefficient (Wildman–Crippen LogP) is 3.40. The molecule has 1 unspecified atom stereocenters. The summed E-state index contributed by atoms with van der Waals surface area (Å²) in [5, 5.41) is 3.56. The lowest BCUT2D eigenvalue weighted by Crippen LogP contribution is -2.45. The van der Waals surface area contributed by atoms with Crippen LogP contribution in [0.5, 0.6) is 0 Å². The van der Waals surface area contributed by atoms with Crippen molar-refractivity contribution in [2.24, 2.45) is 17.3 Å². The van der Waals surface area contributed by atoms with Gasteiger partial charge in [-0.2, -0.15) is 0 Å². The molecule has 1 atom stereocenters. The summed E-state index contributed by atoms with van der Waals surface area (Å²) in [4.78, 5) is 2.70. The van der Waals surface area contributed by atoms with Gasteiger partial charge in [-0.15, -0.1) is 0 Å². The second-order valence-electron chi connectivity index (χ2n) is 7.72. The average molecular weight is 299 g/mol. The molecular weight excluding hydrogens is 260 g/mol. The van der Waals surface area contributed by atoms with Gasteiger partial charge in [-0.05, 0) is 50.7 Å². The number of nitrogens with zero attached hydrogens (tertiary/aromatic N) is 1. The molecule has 0 aromatic heterocycles. The molecule has 0 amide bonds. The van der Waals surface area contributed by atoms with E-state index in [0.29, 0.717) is 5.41 Å². The fraction of sp³-hybridized carbons (Fsp3) is 1.00. The van der Waals surface area contributed by atoms with Gasteiger partial charge in [0.05, 0.1) is 6.61 Å². The van der Waals surface area contributed by atoms with E-state index in [1.54, 1.807) is 0 Å². The van der Waals surface area contributed by atoms with Gasteiger partial charge in [-0.25, -0.2) is 0 Å². The lowest BCUT2D eigenvalue weighted by molar-refractivity contribution is 0.103. The summed E-state index contributed by atoms with van der Waals surface area (Å²) in [5.41, 5.74) is 0.337. The van der Waals surface area contributed by atoms with Gasteiger partial charge in [0.2, 0.25) is 0 Å². The minimum Gasteiger partial charge on any atom is -0.381 e. The van der Waals surface area contributed by atoms with Crippen LogP contribution >= 0.6 is 0 Å². The summed E-state index contributed by atoms with van der Waals surface area (Å²) in [5.74, 6) is 1.58. The SMILES string of the molecule is CCNCC1(CN(CCC(C)C)CCC(C)C)CCOC1. The normalized spacial score (nSPS) is 22.9. The monoisotopic (exact) mass is 298 g/mol. The third kappa shape index (κ3) is 7.62. The van der Waals surface area contributed by atoms with Crippen molar-refractivity contribution in [3.63, 3.8) is 0 Å². The second-order valence-corrected chi connectivity index (χ2v) is 7.72. The summed E-state index contributed by atoms with van der Waals surface area (Å²) in [7, 11) is 0. The van der Waals surface area contributed by atoms with Crippen molar-refractivity contribution in [3.05, 3.63) is 0 Å². The zero-order chi connectivity index (χ0) is 15.7. The van der Waals surface area contributed by atoms with Crippen molar-refractivity contribution in [2.45, 2.75) is 53.9 Å². The van der Waals surface area contributed by atoms with Crippen molar-refractivity contribution in [1.82, 2.24) is 10.2 Å². The zero-order valence-corrected chi connectivity index (χ0v) is 15.1. The molecule has 1 rings (SSSR count). The lowest BCUT2D eigenvalue weighted by Gasteiger charge is -2.35. The molecule has 0 aliphatic carbocycles. The molecule has 1 fully saturated rings. The molecule has 0 bridgehead atoms. The Morgan fingerprint density at radius 1 is 1.10 bits per heavy atom. The fourth-order valence-corrected chi connectivity index (χ4v) is 2.99. The summed E-state index contributed by atoms with van der Waals surface area (Å²) < 4.78 is 5.74. The average Bonchev–Trinajstić information content (AvgIpc) is 2.88. The number of hydrogen-bond donors (Lipinski definition) is 1. The maximum absolute atomic E-state index is 5.74. The fourth-order valence-electron chi connectivity index (χ4n) is 2.99. The van der Waals surface area contributed by atoms with E-state index in [1.165, 1.54) is 38.9 Å². The van der Waals surface area contributed by atoms with E-state index in [1.807, 2.05) is 0 Å². The van der Waals surface area contributed by atoms with E-state index in [4.69, 9.17) is 4.74 Å². The molecule has 0 aromatic carbocycles. The van der Waals surface area contributed by atoms with E-state index < -0.39 is 0 Å². The summed E-state index contributed by atoms with van der Waals surface area (Å²) in [6.07, 6.45) is 3.81. The minimum absolute atomic E-state index is 0.337. The van der Waals surface area contributed by atoms with Gasteiger partial charge in [-0.1, -0.05) is 34.6 Å². The highest BCUT2D eigenvalue weighted by molar-refractivity contribution is 4.88. The molecule has 1 N–H and O–H groups in total. The van der Waals surface area contributed by atoms with Crippen LogP contribution in [0.4, 0.5) is 0 Å². The summed E-state index contributed by atoms with van der Waals surface area (Å²) >= 11 is 0. The molecule has 126 valence electrons. The molecular formula is C18H38N2O. The standard InChI is InChI=1S/C18H38N2O/c1-6-19-13-18(9-12-21-15-18)14-20(10-7-16(2)3)11-8-17(4)5/h16-17,19H,6-15H2,1-5H3. The van der Waals surface area contributed by atoms with Crippen LogP contribution in [0.25, 0.3) is 0 Å². The number of hydrogen-bond acceptors (Lipinski definition) is 3. The molecule has 0 radical (unpaired) electrons. The maximum atomic E-state index is 5.74. The summed E-state index contributed by atoms with van der Waals surface area (Å²) in [6.45, 7) is 19.2. The first-order valence-electron chi connectivity index (χ1n) is 8.98. The van der Waals surface area contributed by atoms with Crippen molar-refractivity contribution in [3.8, 4) is 0 Å². The van der Waals surface area contributed by atoms with E-state index in [9.17, 15) is 0 Å². The molecule has 3 nitrogen and oxygen atoms in total. The molecule has 3 heteroatoms. The van der Waals surface area contributed by atoms with Crippen LogP contribution < -0.4 is 5.32 Å². The number of rotatable bonds is 11. The van der Waals surface area contributed by atoms with E-state index in [2.05, 4.69) is 44.8 Å². The zero-order valence-electron chi connectivity index (χ0n) is 15.1. The highest BCUT2D eigenvalue weighted by atomic mass is 16.5. The Labute approximate surface area is 132 Å². The van der Waals surface area contributed by atoms with Crippen molar-refractivity contribution in [1.29, 1.82) is 0 Å². The third-order valence-electron chi connectivity index (χ3n) is 4.54. The topological polar surface area (TPSA) is 24.5 Å². The second kappa shape index (κ2) is 9.81. The highest BCUT2D eigenvalue weighted by Crippen LogP contribution is 2.29. The van der Waals surface area contributed by atoms with Gasteiger partial charge >= 0.3 is 0 Å². The first kappa shape index (κ1) is 18.9. The third-order valence-corrected chi connectivity index (χ3v) is 4.54. The Balaban J connectivity index is 2.57. The first-order valence-corrected chi connectivity index (χ1v) is 8.98. The van der Waals surface area contributed by atoms with Crippen LogP contribution in [0, 0.1) is 17.3 Å². The van der Waals surface area contributed by atoms with Gasteiger partial charge in [0.15, 0.2) is 0 Å². The van der Waals surface area contributed by atoms with Crippen LogP contribution in [-0.2, 0) is 4.74 Å². The van der Waals surface area contributed by atoms with Gasteiger partial charge in [-0.3, -0.25) is 0 Å². The van der Waals surface area contributed by atoms with Crippen LogP contribution in [0.3, 0.4) is 0 Å². The highest BCUT2D eigenvalue weighted by Gasteiger charge is 2.36. The Morgan fingerprint density at radius 2 is 1.71 bits per heavy atom. The molecule has 1 saturated heterocycles. The minimum atomic E-state index is 0.337. The van der Waals surface area contributed by atoms with E-state index in [-0.39, 0.29) is 0 Å². The van der Waals surface area contributed by atoms with Crippen molar-refractivity contribution in [2.75, 3.05) is 45.9 Å². The van der Waals surface area contributed by atoms with Crippen molar-refractivity contribution < 1.29 is 4.74 Å². The van der Waals surface area contributed by atoms with Crippen molar-refractivity contribution >= 4 is 0 Å². The molecule has 1 aliphatic rings. The largest absolute Gasteiger partial charge is 0.381 e. The van der Waals surface area contributed by atoms with Crippen LogP contribution in [0.15, 0.2) is 0 Å². The summed E-state index contributed by atoms with van der Waals surface area (Å²) in [6, 6.07) is 0. The van der Waals surface area contributed by atoms with Crippen LogP contribution in [0.1, 0.15) is 53.9 Å². The van der Waals surface area contributed by atoms with Gasteiger partial charge in [0.25, 0.3) is 0 Å². The van der Waals surface area contributed by atoms with Crippen LogP contribution in [0.2, 0.25) is 0 Å². The Hall–Kier alpha value is -0.120. The smallest absolute Gasteiger partial charge is 0.0547 e. The van der Waals surface area contributed by atoms with Gasteiger partial charge in [0, 0.05) is 25.1 Å². The molecule has 0 spiro atoms. The number of nitrogens with one attached hydrogen (secondary N) is 1. The molecule has 21 heavy (non-hydrogen) atoms. The Morgan fingerprint density at radius 3 is 2.14 bits per heavy atom. The lowest BCUT2D eigenvalue weighted by atomic mass is 9.86. The Kier molecular flexibility index (Phi) is 8.84. The molecule has 1 aliphatic heterocycles. The maximum Gasteiger partial charge on any atom is 0.0547 e. The molecule has 0 saturated carbocycles. The van der Waals surface area contributed by atoms with E-state index in [0.717, 1.165) is 38.1 Å². The predicted molar refractivity (Wildman–Crippen MR) is 91.8 cm³/mol. The van der Waals surface area contributed by atoms with Gasteiger partial charge in [0.1, 0.15) is 0 Å². The Bertz CT molecular complexity index is 248. The molecule has 1 heterocycles. The number of ether oxygens (including phenoxy) is 1. The molecule has 0 aromatic rings. The van der Waals surface area contributed by atoms with Crippen LogP contribution in [-0.4, -0.2) is 50.8 Å².